The fraction of sp³-hybridized carbons (Fsp3) is 0.562. The molecule has 1 aromatic rings. The van der Waals surface area contributed by atoms with E-state index in [0.717, 1.165) is 18.3 Å². The molecule has 2 rings (SSSR count). The zero-order chi connectivity index (χ0) is 18.2. The van der Waals surface area contributed by atoms with Crippen LogP contribution in [0.15, 0.2) is 23.8 Å². The zero-order valence-electron chi connectivity index (χ0n) is 14.5. The molecule has 0 aliphatic carbocycles. The Morgan fingerprint density at radius 2 is 1.83 bits per heavy atom. The molecule has 1 fully saturated rings. The fourth-order valence-electron chi connectivity index (χ4n) is 2.29. The second-order valence-electron chi connectivity index (χ2n) is 6.80. The molecule has 1 aromatic heterocycles. The molecule has 0 saturated carbocycles. The second kappa shape index (κ2) is 6.50. The molecule has 0 aromatic carbocycles. The predicted octanol–water partition coefficient (Wildman–Crippen LogP) is 3.33. The highest BCUT2D eigenvalue weighted by molar-refractivity contribution is 6.55. The number of pyridine rings is 1. The molecule has 0 radical (unpaired) electrons. The summed E-state index contributed by atoms with van der Waals surface area (Å²) in [5, 5.41) is 2.99. The van der Waals surface area contributed by atoms with Crippen molar-refractivity contribution in [2.75, 3.05) is 13.6 Å². The van der Waals surface area contributed by atoms with Gasteiger partial charge in [0.1, 0.15) is 0 Å². The van der Waals surface area contributed by atoms with E-state index in [1.54, 1.807) is 13.1 Å². The Morgan fingerprint density at radius 3 is 2.33 bits per heavy atom. The summed E-state index contributed by atoms with van der Waals surface area (Å²) in [7, 11) is 1.11. The summed E-state index contributed by atoms with van der Waals surface area (Å²) in [5.74, 6) is 0. The SMILES string of the molecule is CNCC(=Cc1cc(C(F)(F)F)ccn1)B1OC(C)(C)C(C)(C)O1. The molecule has 2 heterocycles. The molecule has 1 saturated heterocycles. The van der Waals surface area contributed by atoms with E-state index in [1.165, 1.54) is 0 Å². The van der Waals surface area contributed by atoms with Crippen LogP contribution < -0.4 is 5.32 Å². The van der Waals surface area contributed by atoms with Gasteiger partial charge in [-0.15, -0.1) is 0 Å². The summed E-state index contributed by atoms with van der Waals surface area (Å²) in [4.78, 5) is 4.00. The first-order valence-corrected chi connectivity index (χ1v) is 7.70. The number of hydrogen-bond acceptors (Lipinski definition) is 4. The topological polar surface area (TPSA) is 43.4 Å². The monoisotopic (exact) mass is 342 g/mol. The Kier molecular flexibility index (Phi) is 5.13. The van der Waals surface area contributed by atoms with E-state index in [2.05, 4.69) is 10.3 Å². The van der Waals surface area contributed by atoms with Crippen molar-refractivity contribution in [3.8, 4) is 0 Å². The van der Waals surface area contributed by atoms with Crippen molar-refractivity contribution in [3.63, 3.8) is 0 Å². The minimum Gasteiger partial charge on any atom is -0.400 e. The molecule has 8 heteroatoms. The van der Waals surface area contributed by atoms with E-state index >= 15 is 0 Å². The van der Waals surface area contributed by atoms with Crippen LogP contribution in [0.3, 0.4) is 0 Å². The molecule has 132 valence electrons. The molecular formula is C16H22BF3N2O2. The van der Waals surface area contributed by atoms with Crippen LogP contribution in [0.4, 0.5) is 13.2 Å². The molecule has 0 unspecified atom stereocenters. The summed E-state index contributed by atoms with van der Waals surface area (Å²) in [5.41, 5.74) is -0.883. The van der Waals surface area contributed by atoms with Crippen LogP contribution in [0, 0.1) is 0 Å². The van der Waals surface area contributed by atoms with Gasteiger partial charge in [0.25, 0.3) is 0 Å². The number of alkyl halides is 3. The van der Waals surface area contributed by atoms with Crippen molar-refractivity contribution in [1.82, 2.24) is 10.3 Å². The Morgan fingerprint density at radius 1 is 1.25 bits per heavy atom. The maximum absolute atomic E-state index is 12.8. The first kappa shape index (κ1) is 19.0. The normalized spacial score (nSPS) is 20.5. The van der Waals surface area contributed by atoms with E-state index in [1.807, 2.05) is 27.7 Å². The average molecular weight is 342 g/mol. The third-order valence-corrected chi connectivity index (χ3v) is 4.38. The second-order valence-corrected chi connectivity index (χ2v) is 6.80. The van der Waals surface area contributed by atoms with E-state index < -0.39 is 30.1 Å². The third-order valence-electron chi connectivity index (χ3n) is 4.38. The number of likely N-dealkylation sites (N-methyl/N-ethyl adjacent to an activating group) is 1. The number of rotatable bonds is 4. The largest absolute Gasteiger partial charge is 0.491 e. The summed E-state index contributed by atoms with van der Waals surface area (Å²) in [6, 6.07) is 1.96. The Bertz CT molecular complexity index is 614. The lowest BCUT2D eigenvalue weighted by Gasteiger charge is -2.32. The highest BCUT2D eigenvalue weighted by Crippen LogP contribution is 2.38. The Balaban J connectivity index is 2.33. The molecular weight excluding hydrogens is 320 g/mol. The molecule has 1 N–H and O–H groups in total. The van der Waals surface area contributed by atoms with E-state index in [4.69, 9.17) is 9.31 Å². The molecule has 0 atom stereocenters. The van der Waals surface area contributed by atoms with Gasteiger partial charge in [-0.3, -0.25) is 4.98 Å². The van der Waals surface area contributed by atoms with Crippen molar-refractivity contribution in [2.45, 2.75) is 45.1 Å². The lowest BCUT2D eigenvalue weighted by atomic mass is 9.77. The summed E-state index contributed by atoms with van der Waals surface area (Å²) in [6.07, 6.45) is -1.68. The van der Waals surface area contributed by atoms with Gasteiger partial charge < -0.3 is 14.6 Å². The van der Waals surface area contributed by atoms with Gasteiger partial charge in [-0.2, -0.15) is 13.2 Å². The van der Waals surface area contributed by atoms with Crippen LogP contribution in [0.2, 0.25) is 0 Å². The van der Waals surface area contributed by atoms with Crippen molar-refractivity contribution < 1.29 is 22.5 Å². The smallest absolute Gasteiger partial charge is 0.400 e. The number of nitrogens with zero attached hydrogens (tertiary/aromatic N) is 1. The molecule has 1 aliphatic heterocycles. The van der Waals surface area contributed by atoms with Crippen LogP contribution in [0.5, 0.6) is 0 Å². The predicted molar refractivity (Wildman–Crippen MR) is 87.2 cm³/mol. The molecule has 0 spiro atoms. The van der Waals surface area contributed by atoms with Crippen LogP contribution in [-0.2, 0) is 15.5 Å². The van der Waals surface area contributed by atoms with Gasteiger partial charge in [-0.1, -0.05) is 0 Å². The minimum atomic E-state index is -4.40. The van der Waals surface area contributed by atoms with Gasteiger partial charge in [-0.05, 0) is 58.4 Å². The van der Waals surface area contributed by atoms with Crippen molar-refractivity contribution >= 4 is 13.2 Å². The van der Waals surface area contributed by atoms with Crippen molar-refractivity contribution in [2.24, 2.45) is 0 Å². The van der Waals surface area contributed by atoms with E-state index in [0.29, 0.717) is 12.0 Å². The summed E-state index contributed by atoms with van der Waals surface area (Å²) in [6.45, 7) is 8.10. The van der Waals surface area contributed by atoms with Gasteiger partial charge in [-0.25, -0.2) is 0 Å². The summed E-state index contributed by atoms with van der Waals surface area (Å²) >= 11 is 0. The van der Waals surface area contributed by atoms with Gasteiger partial charge in [0.2, 0.25) is 0 Å². The van der Waals surface area contributed by atoms with Crippen LogP contribution in [0.25, 0.3) is 6.08 Å². The van der Waals surface area contributed by atoms with Crippen LogP contribution >= 0.6 is 0 Å². The maximum atomic E-state index is 12.8. The van der Waals surface area contributed by atoms with Gasteiger partial charge in [0, 0.05) is 12.7 Å². The van der Waals surface area contributed by atoms with Crippen molar-refractivity contribution in [3.05, 3.63) is 35.1 Å². The molecule has 0 amide bonds. The molecule has 0 bridgehead atoms. The first-order valence-electron chi connectivity index (χ1n) is 7.70. The van der Waals surface area contributed by atoms with E-state index in [-0.39, 0.29) is 5.69 Å². The number of hydrogen-bond donors (Lipinski definition) is 1. The Labute approximate surface area is 140 Å². The number of nitrogens with one attached hydrogen (secondary N) is 1. The van der Waals surface area contributed by atoms with Gasteiger partial charge in [0.05, 0.1) is 22.5 Å². The molecule has 4 nitrogen and oxygen atoms in total. The van der Waals surface area contributed by atoms with E-state index in [9.17, 15) is 13.2 Å². The fourth-order valence-corrected chi connectivity index (χ4v) is 2.29. The maximum Gasteiger partial charge on any atom is 0.491 e. The standard InChI is InChI=1S/C16H22BF3N2O2/c1-14(2)15(3,4)24-17(23-14)12(10-21-5)9-13-8-11(6-7-22-13)16(18,19)20/h6-9,21H,10H2,1-5H3. The minimum absolute atomic E-state index is 0.213. The number of aromatic nitrogens is 1. The zero-order valence-corrected chi connectivity index (χ0v) is 14.5. The van der Waals surface area contributed by atoms with Crippen molar-refractivity contribution in [1.29, 1.82) is 0 Å². The average Bonchev–Trinajstić information content (AvgIpc) is 2.66. The lowest BCUT2D eigenvalue weighted by molar-refractivity contribution is -0.137. The molecule has 24 heavy (non-hydrogen) atoms. The van der Waals surface area contributed by atoms with Crippen LogP contribution in [-0.4, -0.2) is 36.9 Å². The van der Waals surface area contributed by atoms with Gasteiger partial charge in [0.15, 0.2) is 0 Å². The summed E-state index contributed by atoms with van der Waals surface area (Å²) < 4.78 is 50.5. The Hall–Kier alpha value is -1.38. The van der Waals surface area contributed by atoms with Crippen LogP contribution in [0.1, 0.15) is 39.0 Å². The lowest BCUT2D eigenvalue weighted by Crippen LogP contribution is -2.41. The quantitative estimate of drug-likeness (QED) is 0.853. The third kappa shape index (κ3) is 3.99. The molecule has 1 aliphatic rings. The highest BCUT2D eigenvalue weighted by Gasteiger charge is 2.52. The highest BCUT2D eigenvalue weighted by atomic mass is 19.4. The van der Waals surface area contributed by atoms with Gasteiger partial charge >= 0.3 is 13.3 Å². The number of halogens is 3. The first-order chi connectivity index (χ1) is 11.0.